The lowest BCUT2D eigenvalue weighted by atomic mass is 10.3. The van der Waals surface area contributed by atoms with Gasteiger partial charge in [0.15, 0.2) is 0 Å². The molecule has 0 aliphatic carbocycles. The summed E-state index contributed by atoms with van der Waals surface area (Å²) in [7, 11) is 0. The van der Waals surface area contributed by atoms with Crippen molar-refractivity contribution in [1.29, 1.82) is 0 Å². The molecule has 0 unspecified atom stereocenters. The molecule has 2 aromatic rings. The Kier molecular flexibility index (Phi) is 2.06. The molecule has 0 saturated carbocycles. The molecule has 12 heavy (non-hydrogen) atoms. The summed E-state index contributed by atoms with van der Waals surface area (Å²) >= 11 is 7.29. The summed E-state index contributed by atoms with van der Waals surface area (Å²) in [6, 6.07) is 3.73. The highest BCUT2D eigenvalue weighted by atomic mass is 35.5. The fraction of sp³-hybridized carbons (Fsp3) is 0. The summed E-state index contributed by atoms with van der Waals surface area (Å²) < 4.78 is 0. The molecule has 0 N–H and O–H groups in total. The van der Waals surface area contributed by atoms with Crippen LogP contribution in [0.5, 0.6) is 0 Å². The zero-order valence-electron chi connectivity index (χ0n) is 5.99. The molecule has 0 bridgehead atoms. The van der Waals surface area contributed by atoms with Gasteiger partial charge in [0.1, 0.15) is 10.2 Å². The molecule has 0 aliphatic rings. The average Bonchev–Trinajstić information content (AvgIpc) is 2.57. The van der Waals surface area contributed by atoms with Gasteiger partial charge in [-0.2, -0.15) is 0 Å². The Hall–Kier alpha value is -0.930. The molecule has 2 aromatic heterocycles. The quantitative estimate of drug-likeness (QED) is 0.654. The van der Waals surface area contributed by atoms with Crippen molar-refractivity contribution in [3.8, 4) is 10.6 Å². The van der Waals surface area contributed by atoms with Gasteiger partial charge in [0.05, 0.1) is 5.38 Å². The van der Waals surface area contributed by atoms with Crippen molar-refractivity contribution in [2.45, 2.75) is 0 Å². The van der Waals surface area contributed by atoms with Crippen LogP contribution in [0.1, 0.15) is 0 Å². The molecular weight excluding hydrogens is 192 g/mol. The van der Waals surface area contributed by atoms with E-state index in [1.807, 2.05) is 12.1 Å². The maximum absolute atomic E-state index is 5.86. The highest BCUT2D eigenvalue weighted by Crippen LogP contribution is 2.26. The van der Waals surface area contributed by atoms with Crippen molar-refractivity contribution in [3.63, 3.8) is 0 Å². The van der Waals surface area contributed by atoms with Crippen LogP contribution in [0.4, 0.5) is 0 Å². The molecule has 59 valence electrons. The predicted octanol–water partition coefficient (Wildman–Crippen LogP) is 2.66. The van der Waals surface area contributed by atoms with Crippen LogP contribution in [0.15, 0.2) is 24.5 Å². The number of pyridine rings is 1. The number of hydrogen-bond donors (Lipinski definition) is 0. The van der Waals surface area contributed by atoms with E-state index < -0.39 is 0 Å². The molecule has 4 heteroatoms. The summed E-state index contributed by atoms with van der Waals surface area (Å²) in [4.78, 5) is 8.04. The van der Waals surface area contributed by atoms with Gasteiger partial charge in [0.25, 0.3) is 0 Å². The van der Waals surface area contributed by atoms with E-state index in [4.69, 9.17) is 11.6 Å². The minimum absolute atomic E-state index is 0.487. The number of halogens is 1. The fourth-order valence-electron chi connectivity index (χ4n) is 0.864. The number of thiazole rings is 1. The van der Waals surface area contributed by atoms with Gasteiger partial charge in [0.2, 0.25) is 0 Å². The molecular formula is C8H4ClN2S. The Labute approximate surface area is 78.9 Å². The highest BCUT2D eigenvalue weighted by molar-refractivity contribution is 7.12. The van der Waals surface area contributed by atoms with E-state index in [2.05, 4.69) is 15.3 Å². The number of rotatable bonds is 1. The van der Waals surface area contributed by atoms with E-state index in [0.717, 1.165) is 10.6 Å². The van der Waals surface area contributed by atoms with E-state index in [1.165, 1.54) is 11.3 Å². The topological polar surface area (TPSA) is 25.8 Å². The monoisotopic (exact) mass is 195 g/mol. The van der Waals surface area contributed by atoms with Crippen LogP contribution in [0, 0.1) is 5.38 Å². The lowest BCUT2D eigenvalue weighted by molar-refractivity contribution is 1.31. The summed E-state index contributed by atoms with van der Waals surface area (Å²) in [5.74, 6) is 0. The smallest absolute Gasteiger partial charge is 0.139 e. The Balaban J connectivity index is 2.55. The third-order valence-corrected chi connectivity index (χ3v) is 2.42. The van der Waals surface area contributed by atoms with Crippen molar-refractivity contribution in [3.05, 3.63) is 35.1 Å². The average molecular weight is 196 g/mol. The van der Waals surface area contributed by atoms with Crippen LogP contribution >= 0.6 is 22.9 Å². The molecule has 2 heterocycles. The van der Waals surface area contributed by atoms with Crippen LogP contribution in [0.3, 0.4) is 0 Å². The summed E-state index contributed by atoms with van der Waals surface area (Å²) in [6.07, 6.45) is 3.28. The van der Waals surface area contributed by atoms with Crippen molar-refractivity contribution in [2.75, 3.05) is 0 Å². The fourth-order valence-corrected chi connectivity index (χ4v) is 1.73. The van der Waals surface area contributed by atoms with Crippen LogP contribution in [0.2, 0.25) is 5.15 Å². The second-order valence-corrected chi connectivity index (χ2v) is 3.31. The normalized spacial score (nSPS) is 10.1. The van der Waals surface area contributed by atoms with Crippen molar-refractivity contribution >= 4 is 22.9 Å². The highest BCUT2D eigenvalue weighted by Gasteiger charge is 2.04. The van der Waals surface area contributed by atoms with Gasteiger partial charge in [-0.25, -0.2) is 9.97 Å². The molecule has 1 radical (unpaired) electrons. The van der Waals surface area contributed by atoms with Gasteiger partial charge in [-0.3, -0.25) is 0 Å². The Morgan fingerprint density at radius 2 is 2.33 bits per heavy atom. The molecule has 0 atom stereocenters. The van der Waals surface area contributed by atoms with E-state index in [-0.39, 0.29) is 0 Å². The zero-order valence-corrected chi connectivity index (χ0v) is 7.56. The maximum atomic E-state index is 5.86. The molecule has 2 nitrogen and oxygen atoms in total. The molecule has 0 saturated heterocycles. The van der Waals surface area contributed by atoms with Gasteiger partial charge in [-0.1, -0.05) is 11.6 Å². The van der Waals surface area contributed by atoms with Gasteiger partial charge in [-0.05, 0) is 12.1 Å². The van der Waals surface area contributed by atoms with Crippen molar-refractivity contribution < 1.29 is 0 Å². The Morgan fingerprint density at radius 1 is 1.42 bits per heavy atom. The molecule has 0 fully saturated rings. The van der Waals surface area contributed by atoms with Crippen LogP contribution in [0.25, 0.3) is 10.6 Å². The number of aromatic nitrogens is 2. The van der Waals surface area contributed by atoms with E-state index in [0.29, 0.717) is 5.15 Å². The van der Waals surface area contributed by atoms with Gasteiger partial charge in [0, 0.05) is 18.0 Å². The molecule has 0 aromatic carbocycles. The third kappa shape index (κ3) is 1.33. The van der Waals surface area contributed by atoms with E-state index in [1.54, 1.807) is 12.4 Å². The van der Waals surface area contributed by atoms with Crippen molar-refractivity contribution in [2.24, 2.45) is 0 Å². The van der Waals surface area contributed by atoms with Gasteiger partial charge >= 0.3 is 0 Å². The molecule has 2 rings (SSSR count). The SMILES string of the molecule is Clc1ncccc1-c1nc[c]s1. The summed E-state index contributed by atoms with van der Waals surface area (Å²) in [5.41, 5.74) is 0.866. The maximum Gasteiger partial charge on any atom is 0.139 e. The summed E-state index contributed by atoms with van der Waals surface area (Å²) in [6.45, 7) is 0. The van der Waals surface area contributed by atoms with E-state index in [9.17, 15) is 0 Å². The minimum Gasteiger partial charge on any atom is -0.244 e. The van der Waals surface area contributed by atoms with Gasteiger partial charge in [-0.15, -0.1) is 11.3 Å². The third-order valence-electron chi connectivity index (χ3n) is 1.38. The second-order valence-electron chi connectivity index (χ2n) is 2.13. The van der Waals surface area contributed by atoms with E-state index >= 15 is 0 Å². The predicted molar refractivity (Wildman–Crippen MR) is 49.2 cm³/mol. The number of hydrogen-bond acceptors (Lipinski definition) is 3. The molecule has 0 aliphatic heterocycles. The standard InChI is InChI=1S/C8H4ClN2S/c9-7-6(2-1-3-10-7)8-11-4-5-12-8/h1-4H. The Bertz CT molecular complexity index is 372. The first-order chi connectivity index (χ1) is 5.88. The first kappa shape index (κ1) is 7.71. The Morgan fingerprint density at radius 3 is 3.00 bits per heavy atom. The van der Waals surface area contributed by atoms with Crippen LogP contribution < -0.4 is 0 Å². The number of nitrogens with zero attached hydrogens (tertiary/aromatic N) is 2. The lowest BCUT2D eigenvalue weighted by Crippen LogP contribution is -1.79. The lowest BCUT2D eigenvalue weighted by Gasteiger charge is -1.96. The largest absolute Gasteiger partial charge is 0.244 e. The summed E-state index contributed by atoms with van der Waals surface area (Å²) in [5, 5.41) is 4.24. The molecule has 0 amide bonds. The molecule has 0 spiro atoms. The zero-order chi connectivity index (χ0) is 8.39. The first-order valence-corrected chi connectivity index (χ1v) is 4.50. The first-order valence-electron chi connectivity index (χ1n) is 3.30. The van der Waals surface area contributed by atoms with Gasteiger partial charge < -0.3 is 0 Å². The second kappa shape index (κ2) is 3.21. The van der Waals surface area contributed by atoms with Crippen LogP contribution in [-0.2, 0) is 0 Å². The minimum atomic E-state index is 0.487. The van der Waals surface area contributed by atoms with Crippen LogP contribution in [-0.4, -0.2) is 9.97 Å². The van der Waals surface area contributed by atoms with Crippen molar-refractivity contribution in [1.82, 2.24) is 9.97 Å².